The molecule has 0 aliphatic heterocycles. The number of rotatable bonds is 5. The average molecular weight is 225 g/mol. The van der Waals surface area contributed by atoms with Gasteiger partial charge >= 0.3 is 0 Å². The number of nitrogens with one attached hydrogen (secondary N) is 1. The van der Waals surface area contributed by atoms with E-state index in [1.165, 1.54) is 0 Å². The van der Waals surface area contributed by atoms with Crippen LogP contribution < -0.4 is 5.32 Å². The summed E-state index contributed by atoms with van der Waals surface area (Å²) in [5, 5.41) is 4.74. The van der Waals surface area contributed by atoms with Gasteiger partial charge in [0.1, 0.15) is 0 Å². The van der Waals surface area contributed by atoms with Gasteiger partial charge in [-0.05, 0) is 26.0 Å². The van der Waals surface area contributed by atoms with Gasteiger partial charge in [0, 0.05) is 23.7 Å². The largest absolute Gasteiger partial charge is 0.313 e. The van der Waals surface area contributed by atoms with E-state index in [1.54, 1.807) is 11.8 Å². The van der Waals surface area contributed by atoms with Crippen molar-refractivity contribution in [3.05, 3.63) is 18.0 Å². The Labute approximate surface area is 96.1 Å². The Morgan fingerprint density at radius 3 is 2.47 bits per heavy atom. The smallest absolute Gasteiger partial charge is 0.187 e. The maximum Gasteiger partial charge on any atom is 0.187 e. The topological polar surface area (TPSA) is 37.8 Å². The molecule has 0 saturated heterocycles. The quantitative estimate of drug-likeness (QED) is 0.616. The van der Waals surface area contributed by atoms with Gasteiger partial charge in [0.25, 0.3) is 0 Å². The van der Waals surface area contributed by atoms with Crippen LogP contribution >= 0.6 is 11.8 Å². The van der Waals surface area contributed by atoms with Crippen LogP contribution in [0.1, 0.15) is 26.3 Å². The van der Waals surface area contributed by atoms with Crippen LogP contribution in [0.2, 0.25) is 0 Å². The maximum absolute atomic E-state index is 4.28. The van der Waals surface area contributed by atoms with Crippen molar-refractivity contribution in [3.8, 4) is 0 Å². The van der Waals surface area contributed by atoms with Gasteiger partial charge in [0.15, 0.2) is 5.16 Å². The van der Waals surface area contributed by atoms with Crippen molar-refractivity contribution in [2.45, 2.75) is 44.1 Å². The minimum Gasteiger partial charge on any atom is -0.313 e. The van der Waals surface area contributed by atoms with Gasteiger partial charge in [0.05, 0.1) is 0 Å². The van der Waals surface area contributed by atoms with Gasteiger partial charge in [-0.1, -0.05) is 25.6 Å². The predicted molar refractivity (Wildman–Crippen MR) is 65.2 cm³/mol. The minimum atomic E-state index is 0.477. The van der Waals surface area contributed by atoms with Gasteiger partial charge < -0.3 is 5.32 Å². The Hall–Kier alpha value is -0.610. The summed E-state index contributed by atoms with van der Waals surface area (Å²) < 4.78 is 0. The van der Waals surface area contributed by atoms with Crippen LogP contribution in [-0.4, -0.2) is 27.8 Å². The summed E-state index contributed by atoms with van der Waals surface area (Å²) in [5.41, 5.74) is 1.10. The standard InChI is InChI=1S/C11H19N3S/c1-5-12-9(3)10(4)15-11-13-6-8(2)7-14-11/h6-7,9-10,12H,5H2,1-4H3. The second-order valence-corrected chi connectivity index (χ2v) is 5.06. The fourth-order valence-corrected chi connectivity index (χ4v) is 2.06. The third-order valence-corrected chi connectivity index (χ3v) is 3.48. The van der Waals surface area contributed by atoms with Crippen LogP contribution in [0.5, 0.6) is 0 Å². The van der Waals surface area contributed by atoms with E-state index in [9.17, 15) is 0 Å². The van der Waals surface area contributed by atoms with E-state index in [1.807, 2.05) is 19.3 Å². The highest BCUT2D eigenvalue weighted by Crippen LogP contribution is 2.21. The highest BCUT2D eigenvalue weighted by atomic mass is 32.2. The maximum atomic E-state index is 4.28. The molecule has 0 spiro atoms. The molecule has 0 radical (unpaired) electrons. The van der Waals surface area contributed by atoms with Crippen LogP contribution in [0.4, 0.5) is 0 Å². The second kappa shape index (κ2) is 6.08. The van der Waals surface area contributed by atoms with E-state index < -0.39 is 0 Å². The molecule has 2 unspecified atom stereocenters. The lowest BCUT2D eigenvalue weighted by Crippen LogP contribution is -2.33. The van der Waals surface area contributed by atoms with Crippen molar-refractivity contribution >= 4 is 11.8 Å². The Morgan fingerprint density at radius 1 is 1.33 bits per heavy atom. The lowest BCUT2D eigenvalue weighted by molar-refractivity contribution is 0.562. The SMILES string of the molecule is CCNC(C)C(C)Sc1ncc(C)cn1. The zero-order valence-electron chi connectivity index (χ0n) is 9.82. The molecule has 0 amide bonds. The molecule has 0 aliphatic carbocycles. The van der Waals surface area contributed by atoms with Crippen molar-refractivity contribution < 1.29 is 0 Å². The molecule has 4 heteroatoms. The lowest BCUT2D eigenvalue weighted by Gasteiger charge is -2.19. The molecule has 0 saturated carbocycles. The summed E-state index contributed by atoms with van der Waals surface area (Å²) in [6, 6.07) is 0.477. The molecule has 1 rings (SSSR count). The molecule has 0 aromatic carbocycles. The van der Waals surface area contributed by atoms with E-state index in [0.29, 0.717) is 11.3 Å². The first kappa shape index (κ1) is 12.5. The van der Waals surface area contributed by atoms with Gasteiger partial charge in [0.2, 0.25) is 0 Å². The molecule has 15 heavy (non-hydrogen) atoms. The molecular formula is C11H19N3S. The van der Waals surface area contributed by atoms with Crippen molar-refractivity contribution in [2.24, 2.45) is 0 Å². The molecule has 0 aliphatic rings. The summed E-state index contributed by atoms with van der Waals surface area (Å²) in [5.74, 6) is 0. The fraction of sp³-hybridized carbons (Fsp3) is 0.636. The zero-order chi connectivity index (χ0) is 11.3. The first-order valence-electron chi connectivity index (χ1n) is 5.32. The third-order valence-electron chi connectivity index (χ3n) is 2.28. The minimum absolute atomic E-state index is 0.477. The monoisotopic (exact) mass is 225 g/mol. The molecule has 2 atom stereocenters. The van der Waals surface area contributed by atoms with Crippen LogP contribution in [-0.2, 0) is 0 Å². The Balaban J connectivity index is 2.50. The summed E-state index contributed by atoms with van der Waals surface area (Å²) in [7, 11) is 0. The van der Waals surface area contributed by atoms with E-state index >= 15 is 0 Å². The highest BCUT2D eigenvalue weighted by Gasteiger charge is 2.13. The predicted octanol–water partition coefficient (Wildman–Crippen LogP) is 2.26. The fourth-order valence-electron chi connectivity index (χ4n) is 1.20. The highest BCUT2D eigenvalue weighted by molar-refractivity contribution is 7.99. The number of thioether (sulfide) groups is 1. The molecule has 0 fully saturated rings. The van der Waals surface area contributed by atoms with Crippen molar-refractivity contribution in [1.29, 1.82) is 0 Å². The molecule has 84 valence electrons. The van der Waals surface area contributed by atoms with Gasteiger partial charge in [-0.15, -0.1) is 0 Å². The number of hydrogen-bond donors (Lipinski definition) is 1. The first-order valence-corrected chi connectivity index (χ1v) is 6.20. The average Bonchev–Trinajstić information content (AvgIpc) is 2.22. The summed E-state index contributed by atoms with van der Waals surface area (Å²) >= 11 is 1.72. The van der Waals surface area contributed by atoms with Gasteiger partial charge in [-0.25, -0.2) is 9.97 Å². The molecule has 0 bridgehead atoms. The zero-order valence-corrected chi connectivity index (χ0v) is 10.6. The Kier molecular flexibility index (Phi) is 5.05. The van der Waals surface area contributed by atoms with Crippen LogP contribution in [0.25, 0.3) is 0 Å². The Bertz CT molecular complexity index is 286. The molecule has 1 aromatic rings. The lowest BCUT2D eigenvalue weighted by atomic mass is 10.2. The number of aryl methyl sites for hydroxylation is 1. The second-order valence-electron chi connectivity index (χ2n) is 3.71. The van der Waals surface area contributed by atoms with E-state index in [2.05, 4.69) is 36.1 Å². The normalized spacial score (nSPS) is 14.9. The number of aromatic nitrogens is 2. The van der Waals surface area contributed by atoms with Crippen LogP contribution in [0.15, 0.2) is 17.6 Å². The molecule has 1 N–H and O–H groups in total. The van der Waals surface area contributed by atoms with Crippen molar-refractivity contribution in [2.75, 3.05) is 6.54 Å². The van der Waals surface area contributed by atoms with E-state index in [0.717, 1.165) is 17.3 Å². The van der Waals surface area contributed by atoms with E-state index in [4.69, 9.17) is 0 Å². The van der Waals surface area contributed by atoms with Crippen LogP contribution in [0, 0.1) is 6.92 Å². The Morgan fingerprint density at radius 2 is 1.93 bits per heavy atom. The van der Waals surface area contributed by atoms with Gasteiger partial charge in [-0.2, -0.15) is 0 Å². The van der Waals surface area contributed by atoms with Crippen LogP contribution in [0.3, 0.4) is 0 Å². The van der Waals surface area contributed by atoms with E-state index in [-0.39, 0.29) is 0 Å². The van der Waals surface area contributed by atoms with Gasteiger partial charge in [-0.3, -0.25) is 0 Å². The third kappa shape index (κ3) is 4.18. The molecule has 3 nitrogen and oxygen atoms in total. The first-order chi connectivity index (χ1) is 7.13. The number of hydrogen-bond acceptors (Lipinski definition) is 4. The molecular weight excluding hydrogens is 206 g/mol. The molecule has 1 heterocycles. The van der Waals surface area contributed by atoms with Crippen molar-refractivity contribution in [1.82, 2.24) is 15.3 Å². The summed E-state index contributed by atoms with van der Waals surface area (Å²) in [4.78, 5) is 8.57. The summed E-state index contributed by atoms with van der Waals surface area (Å²) in [6.07, 6.45) is 3.72. The molecule has 1 aromatic heterocycles. The number of nitrogens with zero attached hydrogens (tertiary/aromatic N) is 2. The summed E-state index contributed by atoms with van der Waals surface area (Å²) in [6.45, 7) is 9.51. The van der Waals surface area contributed by atoms with Crippen molar-refractivity contribution in [3.63, 3.8) is 0 Å².